The lowest BCUT2D eigenvalue weighted by atomic mass is 10.1. The standard InChI is InChI=1S/C35H74N20O6S/c1-21(2)50-31(57)47-18-24(8-5-12-42-28(36)37)55-35(61)49-20-26(10-7-14-44-30(40)41)54-34(60)46-17-23(4)52-32(58)48-19-25(9-6-13-43-29(38)39)53-33(59)45-16-22(3)51-27(56)11-15-62/h21-26,62H,5-20H2,1-4H3,(H,51,56)(H4,36,37,42)(H4,38,39,43)(H4,40,41,44)(H2,45,53,59)(H2,46,54,60)(H2,47,50,57)(H2,48,52,58)(H2,49,55,61)/t22-,23-,24-,25-,26-/m0/s1. The molecule has 5 atom stereocenters. The van der Waals surface area contributed by atoms with Crippen molar-refractivity contribution in [3.63, 3.8) is 0 Å². The molecule has 0 aromatic carbocycles. The first-order valence-corrected chi connectivity index (χ1v) is 21.3. The van der Waals surface area contributed by atoms with Crippen LogP contribution in [0.1, 0.15) is 72.6 Å². The molecule has 26 nitrogen and oxygen atoms in total. The van der Waals surface area contributed by atoms with E-state index in [0.29, 0.717) is 63.9 Å². The van der Waals surface area contributed by atoms with Crippen LogP contribution in [0, 0.1) is 16.2 Å². The van der Waals surface area contributed by atoms with Crippen LogP contribution in [0.25, 0.3) is 0 Å². The maximum atomic E-state index is 13.0. The average Bonchev–Trinajstić information content (AvgIpc) is 3.17. The zero-order chi connectivity index (χ0) is 46.9. The minimum atomic E-state index is -0.563. The number of nitrogens with two attached hydrogens (primary N) is 3. The van der Waals surface area contributed by atoms with E-state index in [0.717, 1.165) is 0 Å². The summed E-state index contributed by atoms with van der Waals surface area (Å²) in [6.45, 7) is 8.59. The lowest BCUT2D eigenvalue weighted by Gasteiger charge is -2.24. The number of nitrogens with one attached hydrogen (secondary N) is 17. The monoisotopic (exact) mass is 903 g/mol. The SMILES string of the molecule is CC(C)NC(=O)NC[C@H](CCCNC(=N)N)NC(=O)NC[C@H](CCCNC(=N)N)NC(=O)NC[C@H](C)NC(=O)NC[C@H](CCCNC(=N)N)NC(=O)NC[C@H](C)NC(=O)CCS. The van der Waals surface area contributed by atoms with E-state index in [1.54, 1.807) is 13.8 Å². The van der Waals surface area contributed by atoms with Crippen molar-refractivity contribution >= 4 is 66.6 Å². The minimum Gasteiger partial charge on any atom is -0.370 e. The second kappa shape index (κ2) is 33.7. The molecule has 0 unspecified atom stereocenters. The van der Waals surface area contributed by atoms with Crippen molar-refractivity contribution in [2.24, 2.45) is 17.2 Å². The van der Waals surface area contributed by atoms with Crippen molar-refractivity contribution in [3.05, 3.63) is 0 Å². The largest absolute Gasteiger partial charge is 0.370 e. The second-order valence-electron chi connectivity index (χ2n) is 14.8. The third-order valence-corrected chi connectivity index (χ3v) is 8.57. The molecule has 0 rings (SSSR count). The molecule has 0 aliphatic heterocycles. The maximum absolute atomic E-state index is 13.0. The summed E-state index contributed by atoms with van der Waals surface area (Å²) in [5, 5.41) is 60.4. The van der Waals surface area contributed by atoms with Gasteiger partial charge >= 0.3 is 30.2 Å². The van der Waals surface area contributed by atoms with Crippen molar-refractivity contribution in [2.75, 3.05) is 58.1 Å². The van der Waals surface area contributed by atoms with Crippen LogP contribution in [0.2, 0.25) is 0 Å². The van der Waals surface area contributed by atoms with Crippen LogP contribution in [0.3, 0.4) is 0 Å². The summed E-state index contributed by atoms with van der Waals surface area (Å²) in [5.41, 5.74) is 16.1. The third-order valence-electron chi connectivity index (χ3n) is 8.35. The topological polar surface area (TPSA) is 420 Å². The number of hydrogen-bond donors (Lipinski definition) is 21. The molecule has 0 aromatic rings. The molecule has 0 radical (unpaired) electrons. The number of thiol groups is 1. The smallest absolute Gasteiger partial charge is 0.315 e. The number of guanidine groups is 3. The summed E-state index contributed by atoms with van der Waals surface area (Å²) in [5.74, 6) is -0.358. The van der Waals surface area contributed by atoms with Crippen molar-refractivity contribution in [2.45, 2.75) is 109 Å². The van der Waals surface area contributed by atoms with Gasteiger partial charge in [0.15, 0.2) is 17.9 Å². The van der Waals surface area contributed by atoms with Crippen LogP contribution in [0.15, 0.2) is 0 Å². The highest BCUT2D eigenvalue weighted by Crippen LogP contribution is 2.00. The molecule has 27 heteroatoms. The van der Waals surface area contributed by atoms with Crippen molar-refractivity contribution < 1.29 is 28.8 Å². The second-order valence-corrected chi connectivity index (χ2v) is 15.3. The van der Waals surface area contributed by atoms with Gasteiger partial charge in [-0.15, -0.1) is 0 Å². The molecular formula is C35H74N20O6S. The molecule has 0 saturated carbocycles. The summed E-state index contributed by atoms with van der Waals surface area (Å²) in [7, 11) is 0. The highest BCUT2D eigenvalue weighted by molar-refractivity contribution is 7.80. The number of hydrogen-bond acceptors (Lipinski definition) is 10. The molecule has 0 saturated heterocycles. The van der Waals surface area contributed by atoms with E-state index in [9.17, 15) is 28.8 Å². The van der Waals surface area contributed by atoms with Gasteiger partial charge in [-0.3, -0.25) is 21.0 Å². The molecule has 0 fully saturated rings. The van der Waals surface area contributed by atoms with Crippen LogP contribution in [-0.4, -0.2) is 148 Å². The fourth-order valence-corrected chi connectivity index (χ4v) is 5.58. The highest BCUT2D eigenvalue weighted by atomic mass is 32.1. The summed E-state index contributed by atoms with van der Waals surface area (Å²) < 4.78 is 0. The molecule has 0 aliphatic carbocycles. The lowest BCUT2D eigenvalue weighted by molar-refractivity contribution is -0.121. The highest BCUT2D eigenvalue weighted by Gasteiger charge is 2.19. The Labute approximate surface area is 369 Å². The van der Waals surface area contributed by atoms with Gasteiger partial charge in [-0.1, -0.05) is 0 Å². The maximum Gasteiger partial charge on any atom is 0.315 e. The number of urea groups is 5. The van der Waals surface area contributed by atoms with Crippen molar-refractivity contribution in [1.29, 1.82) is 16.2 Å². The molecule has 23 N–H and O–H groups in total. The van der Waals surface area contributed by atoms with E-state index in [1.807, 2.05) is 13.8 Å². The van der Waals surface area contributed by atoms with Crippen molar-refractivity contribution in [3.8, 4) is 0 Å². The molecule has 0 spiro atoms. The van der Waals surface area contributed by atoms with E-state index in [1.165, 1.54) is 0 Å². The van der Waals surface area contributed by atoms with Gasteiger partial charge in [-0.05, 0) is 72.0 Å². The van der Waals surface area contributed by atoms with Crippen LogP contribution in [-0.2, 0) is 4.79 Å². The van der Waals surface area contributed by atoms with E-state index < -0.39 is 48.3 Å². The molecule has 0 aromatic heterocycles. The van der Waals surface area contributed by atoms with Crippen LogP contribution in [0.5, 0.6) is 0 Å². The third kappa shape index (κ3) is 33.8. The predicted octanol–water partition coefficient (Wildman–Crippen LogP) is -3.00. The number of amides is 11. The molecular weight excluding hydrogens is 829 g/mol. The molecule has 11 amide bonds. The fraction of sp³-hybridized carbons (Fsp3) is 0.743. The van der Waals surface area contributed by atoms with E-state index >= 15 is 0 Å². The van der Waals surface area contributed by atoms with Gasteiger partial charge < -0.3 is 91.6 Å². The normalized spacial score (nSPS) is 12.9. The molecule has 356 valence electrons. The molecule has 0 bridgehead atoms. The molecule has 0 aliphatic rings. The Bertz CT molecular complexity index is 1410. The number of rotatable bonds is 30. The van der Waals surface area contributed by atoms with Crippen molar-refractivity contribution in [1.82, 2.24) is 74.4 Å². The first kappa shape index (κ1) is 56.0. The summed E-state index contributed by atoms with van der Waals surface area (Å²) in [6.07, 6.45) is 3.08. The first-order chi connectivity index (χ1) is 29.3. The Balaban J connectivity index is 5.23. The Morgan fingerprint density at radius 2 is 0.758 bits per heavy atom. The quantitative estimate of drug-likeness (QED) is 0.0149. The van der Waals surface area contributed by atoms with Gasteiger partial charge in [0.2, 0.25) is 5.91 Å². The van der Waals surface area contributed by atoms with Gasteiger partial charge in [0, 0.05) is 95.0 Å². The lowest BCUT2D eigenvalue weighted by Crippen LogP contribution is -2.54. The zero-order valence-electron chi connectivity index (χ0n) is 36.4. The van der Waals surface area contributed by atoms with Gasteiger partial charge in [-0.25, -0.2) is 24.0 Å². The van der Waals surface area contributed by atoms with Crippen LogP contribution in [0.4, 0.5) is 24.0 Å². The number of carbonyl (C=O) groups is 6. The summed E-state index contributed by atoms with van der Waals surface area (Å²) >= 11 is 4.04. The van der Waals surface area contributed by atoms with Gasteiger partial charge in [0.1, 0.15) is 0 Å². The Morgan fingerprint density at radius 3 is 1.08 bits per heavy atom. The van der Waals surface area contributed by atoms with Gasteiger partial charge in [0.05, 0.1) is 0 Å². The Morgan fingerprint density at radius 1 is 0.452 bits per heavy atom. The number of carbonyl (C=O) groups excluding carboxylic acids is 6. The van der Waals surface area contributed by atoms with Gasteiger partial charge in [0.25, 0.3) is 0 Å². The average molecular weight is 903 g/mol. The van der Waals surface area contributed by atoms with Gasteiger partial charge in [-0.2, -0.15) is 12.6 Å². The predicted molar refractivity (Wildman–Crippen MR) is 242 cm³/mol. The molecule has 62 heavy (non-hydrogen) atoms. The van der Waals surface area contributed by atoms with E-state index in [4.69, 9.17) is 33.4 Å². The summed E-state index contributed by atoms with van der Waals surface area (Å²) in [4.78, 5) is 75.4. The summed E-state index contributed by atoms with van der Waals surface area (Å²) in [6, 6.07) is -5.01. The minimum absolute atomic E-state index is 0.0272. The zero-order valence-corrected chi connectivity index (χ0v) is 37.3. The Hall–Kier alpha value is -6.02. The van der Waals surface area contributed by atoms with E-state index in [-0.39, 0.29) is 81.0 Å². The Kier molecular flexibility index (Phi) is 30.4. The fourth-order valence-electron chi connectivity index (χ4n) is 5.38. The van der Waals surface area contributed by atoms with Crippen LogP contribution < -0.4 is 91.6 Å². The van der Waals surface area contributed by atoms with E-state index in [2.05, 4.69) is 87.1 Å². The first-order valence-electron chi connectivity index (χ1n) is 20.6. The molecule has 0 heterocycles. The van der Waals surface area contributed by atoms with Crippen LogP contribution >= 0.6 is 12.6 Å².